The van der Waals surface area contributed by atoms with Gasteiger partial charge >= 0.3 is 0 Å². The number of rotatable bonds is 5. The molecule has 234 valence electrons. The molecular weight excluding hydrogens is 613 g/mol. The Kier molecular flexibility index (Phi) is 5.35. The van der Waals surface area contributed by atoms with E-state index in [1.54, 1.807) is 6.07 Å². The van der Waals surface area contributed by atoms with Gasteiger partial charge in [0.25, 0.3) is 0 Å². The number of hydrogen-bond donors (Lipinski definition) is 0. The molecule has 0 unspecified atom stereocenters. The monoisotopic (exact) mass is 645 g/mol. The van der Waals surface area contributed by atoms with Crippen LogP contribution in [0.5, 0.6) is 0 Å². The van der Waals surface area contributed by atoms with Gasteiger partial charge in [0.2, 0.25) is 5.95 Å². The third-order valence-corrected chi connectivity index (χ3v) is 9.16. The van der Waals surface area contributed by atoms with Crippen LogP contribution < -0.4 is 0 Å². The highest BCUT2D eigenvalue weighted by Gasteiger charge is 2.20. The molecule has 0 spiro atoms. The molecule has 0 atom stereocenters. The van der Waals surface area contributed by atoms with Gasteiger partial charge in [-0.25, -0.2) is 4.98 Å². The summed E-state index contributed by atoms with van der Waals surface area (Å²) in [6.45, 7) is 0. The van der Waals surface area contributed by atoms with E-state index in [0.29, 0.717) is 28.7 Å². The third-order valence-electron chi connectivity index (χ3n) is 9.16. The van der Waals surface area contributed by atoms with E-state index in [4.69, 9.17) is 26.2 Å². The smallest absolute Gasteiger partial charge is 0.238 e. The van der Waals surface area contributed by atoms with E-state index in [0.717, 1.165) is 60.5 Å². The summed E-state index contributed by atoms with van der Waals surface area (Å²) >= 11 is 0. The quantitative estimate of drug-likeness (QED) is 0.187. The fourth-order valence-electron chi connectivity index (χ4n) is 6.92. The van der Waals surface area contributed by atoms with Gasteiger partial charge in [0, 0.05) is 38.2 Å². The maximum atomic E-state index is 8.81. The van der Waals surface area contributed by atoms with E-state index in [1.807, 2.05) is 108 Å². The van der Waals surface area contributed by atoms with Gasteiger partial charge in [0.15, 0.2) is 11.6 Å². The van der Waals surface area contributed by atoms with E-state index in [2.05, 4.69) is 30.3 Å². The van der Waals surface area contributed by atoms with Crippen LogP contribution in [0.15, 0.2) is 174 Å². The van der Waals surface area contributed by atoms with Crippen LogP contribution in [-0.4, -0.2) is 19.5 Å². The zero-order valence-corrected chi connectivity index (χ0v) is 26.5. The summed E-state index contributed by atoms with van der Waals surface area (Å²) in [7, 11) is 0. The van der Waals surface area contributed by atoms with Crippen LogP contribution in [-0.2, 0) is 0 Å². The predicted octanol–water partition coefficient (Wildman–Crippen LogP) is 11.5. The molecule has 0 amide bonds. The molecule has 5 heteroatoms. The molecule has 5 nitrogen and oxygen atoms in total. The van der Waals surface area contributed by atoms with Gasteiger partial charge in [-0.1, -0.05) is 139 Å². The normalized spacial score (nSPS) is 13.0. The number of nitrogens with zero attached hydrogens (tertiary/aromatic N) is 4. The van der Waals surface area contributed by atoms with Crippen molar-refractivity contribution in [3.63, 3.8) is 0 Å². The molecule has 50 heavy (non-hydrogen) atoms. The van der Waals surface area contributed by atoms with Crippen LogP contribution >= 0.6 is 0 Å². The Hall–Kier alpha value is -6.85. The third kappa shape index (κ3) is 4.52. The maximum absolute atomic E-state index is 8.81. The molecule has 3 aromatic heterocycles. The molecule has 0 fully saturated rings. The Bertz CT molecular complexity index is 3130. The minimum absolute atomic E-state index is 0.136. The van der Waals surface area contributed by atoms with E-state index in [9.17, 15) is 0 Å². The minimum Gasteiger partial charge on any atom is -0.455 e. The Balaban J connectivity index is 1.23. The van der Waals surface area contributed by atoms with Crippen molar-refractivity contribution >= 4 is 43.7 Å². The van der Waals surface area contributed by atoms with E-state index < -0.39 is 6.04 Å². The highest BCUT2D eigenvalue weighted by Crippen LogP contribution is 2.40. The highest BCUT2D eigenvalue weighted by atomic mass is 16.3. The Morgan fingerprint density at radius 3 is 1.96 bits per heavy atom. The zero-order chi connectivity index (χ0) is 37.4. The van der Waals surface area contributed by atoms with Gasteiger partial charge < -0.3 is 4.42 Å². The molecule has 0 aliphatic heterocycles. The highest BCUT2D eigenvalue weighted by molar-refractivity contribution is 6.15. The lowest BCUT2D eigenvalue weighted by molar-refractivity contribution is 0.670. The molecule has 7 aromatic carbocycles. The molecule has 0 aliphatic rings. The molecule has 3 heterocycles. The van der Waals surface area contributed by atoms with Crippen molar-refractivity contribution in [2.75, 3.05) is 0 Å². The second-order valence-electron chi connectivity index (χ2n) is 12.1. The van der Waals surface area contributed by atoms with Crippen molar-refractivity contribution in [3.05, 3.63) is 170 Å². The predicted molar refractivity (Wildman–Crippen MR) is 203 cm³/mol. The first-order valence-electron chi connectivity index (χ1n) is 18.8. The standard InChI is InChI=1S/C45H28N4O/c1-4-14-29(15-5-1)33-21-13-25-39-41(33)36-20-10-11-24-38(36)49(39)45-47-43(31-18-8-3-9-19-31)46-44(48-45)32-26-27-40-37(28-32)35-23-12-22-34(42(35)50-40)30-16-6-2-7-17-30/h1-28H/i1D,4D,5D,14D,15D. The number of para-hydroxylation sites is 2. The molecule has 0 aliphatic carbocycles. The average Bonchev–Trinajstić information content (AvgIpc) is 3.79. The van der Waals surface area contributed by atoms with Crippen LogP contribution in [0.25, 0.3) is 94.7 Å². The minimum atomic E-state index is -0.433. The zero-order valence-electron chi connectivity index (χ0n) is 31.5. The summed E-state index contributed by atoms with van der Waals surface area (Å²) in [5.74, 6) is 1.32. The van der Waals surface area contributed by atoms with Gasteiger partial charge in [-0.15, -0.1) is 0 Å². The van der Waals surface area contributed by atoms with Crippen molar-refractivity contribution in [1.82, 2.24) is 19.5 Å². The molecule has 10 rings (SSSR count). The van der Waals surface area contributed by atoms with Crippen LogP contribution in [0.1, 0.15) is 6.85 Å². The number of fused-ring (bicyclic) bond motifs is 6. The summed E-state index contributed by atoms with van der Waals surface area (Å²) in [5, 5.41) is 3.47. The summed E-state index contributed by atoms with van der Waals surface area (Å²) in [5.41, 5.74) is 7.40. The average molecular weight is 646 g/mol. The fraction of sp³-hybridized carbons (Fsp3) is 0. The lowest BCUT2D eigenvalue weighted by atomic mass is 9.99. The first-order chi connectivity index (χ1) is 26.9. The summed E-state index contributed by atoms with van der Waals surface area (Å²) in [6, 6.07) is 43.7. The van der Waals surface area contributed by atoms with Crippen molar-refractivity contribution in [2.24, 2.45) is 0 Å². The number of hydrogen-bond acceptors (Lipinski definition) is 4. The van der Waals surface area contributed by atoms with E-state index in [1.165, 1.54) is 0 Å². The van der Waals surface area contributed by atoms with Gasteiger partial charge in [-0.3, -0.25) is 4.57 Å². The van der Waals surface area contributed by atoms with Crippen molar-refractivity contribution in [2.45, 2.75) is 0 Å². The van der Waals surface area contributed by atoms with Crippen LogP contribution in [0.2, 0.25) is 0 Å². The number of aromatic nitrogens is 4. The molecule has 0 saturated heterocycles. The second-order valence-corrected chi connectivity index (χ2v) is 12.1. The molecule has 0 radical (unpaired) electrons. The lowest BCUT2D eigenvalue weighted by Crippen LogP contribution is -2.06. The Morgan fingerprint density at radius 1 is 0.480 bits per heavy atom. The first-order valence-corrected chi connectivity index (χ1v) is 16.3. The molecule has 0 saturated carbocycles. The van der Waals surface area contributed by atoms with Crippen molar-refractivity contribution < 1.29 is 11.3 Å². The van der Waals surface area contributed by atoms with Crippen LogP contribution in [0.4, 0.5) is 0 Å². The van der Waals surface area contributed by atoms with Crippen LogP contribution in [0.3, 0.4) is 0 Å². The molecular formula is C45H28N4O. The summed E-state index contributed by atoms with van der Waals surface area (Å²) in [4.78, 5) is 15.2. The van der Waals surface area contributed by atoms with Gasteiger partial charge in [0.1, 0.15) is 11.2 Å². The maximum Gasteiger partial charge on any atom is 0.238 e. The van der Waals surface area contributed by atoms with Gasteiger partial charge in [0.05, 0.1) is 17.9 Å². The first kappa shape index (κ1) is 23.5. The Labute approximate surface area is 294 Å². The van der Waals surface area contributed by atoms with E-state index in [-0.39, 0.29) is 29.7 Å². The van der Waals surface area contributed by atoms with E-state index >= 15 is 0 Å². The van der Waals surface area contributed by atoms with Crippen molar-refractivity contribution in [3.8, 4) is 51.0 Å². The topological polar surface area (TPSA) is 56.7 Å². The fourth-order valence-corrected chi connectivity index (χ4v) is 6.92. The molecule has 10 aromatic rings. The molecule has 0 N–H and O–H groups in total. The number of furan rings is 1. The van der Waals surface area contributed by atoms with Crippen molar-refractivity contribution in [1.29, 1.82) is 0 Å². The second kappa shape index (κ2) is 11.4. The largest absolute Gasteiger partial charge is 0.455 e. The summed E-state index contributed by atoms with van der Waals surface area (Å²) < 4.78 is 51.0. The van der Waals surface area contributed by atoms with Gasteiger partial charge in [-0.2, -0.15) is 9.97 Å². The summed E-state index contributed by atoms with van der Waals surface area (Å²) in [6.07, 6.45) is 0. The SMILES string of the molecule is [2H]c1c([2H])c([2H])c(-c2cccc3c2c2ccccc2n3-c2nc(-c3ccccc3)nc(-c3ccc4oc5c(-c6ccccc6)cccc5c4c3)n2)c([2H])c1[2H]. The molecule has 0 bridgehead atoms. The number of benzene rings is 7. The van der Waals surface area contributed by atoms with Gasteiger partial charge in [-0.05, 0) is 47.0 Å². The lowest BCUT2D eigenvalue weighted by Gasteiger charge is -2.11. The van der Waals surface area contributed by atoms with Crippen LogP contribution in [0, 0.1) is 0 Å². The Morgan fingerprint density at radius 2 is 1.14 bits per heavy atom.